The number of nitrogens with two attached hydrogens (primary N) is 1. The Balaban J connectivity index is 1.45. The number of hydrogen-bond acceptors (Lipinski definition) is 6. The van der Waals surface area contributed by atoms with Crippen LogP contribution in [0.15, 0.2) is 57.4 Å². The van der Waals surface area contributed by atoms with Crippen molar-refractivity contribution in [2.45, 2.75) is 36.7 Å². The molecule has 0 radical (unpaired) electrons. The van der Waals surface area contributed by atoms with Crippen molar-refractivity contribution in [3.63, 3.8) is 0 Å². The second-order valence-corrected chi connectivity index (χ2v) is 9.97. The van der Waals surface area contributed by atoms with Gasteiger partial charge in [0.2, 0.25) is 10.0 Å². The first-order valence-electron chi connectivity index (χ1n) is 9.13. The highest BCUT2D eigenvalue weighted by atomic mass is 32.2. The molecule has 9 heteroatoms. The summed E-state index contributed by atoms with van der Waals surface area (Å²) < 4.78 is 28.4. The van der Waals surface area contributed by atoms with Crippen molar-refractivity contribution in [2.75, 3.05) is 4.90 Å². The Hall–Kier alpha value is -2.62. The second-order valence-electron chi connectivity index (χ2n) is 7.02. The van der Waals surface area contributed by atoms with Crippen LogP contribution in [0.5, 0.6) is 0 Å². The smallest absolute Gasteiger partial charge is 0.255 e. The van der Waals surface area contributed by atoms with Crippen molar-refractivity contribution in [1.82, 2.24) is 5.32 Å². The molecule has 2 aromatic heterocycles. The second kappa shape index (κ2) is 7.66. The Labute approximate surface area is 173 Å². The van der Waals surface area contributed by atoms with Crippen molar-refractivity contribution < 1.29 is 17.6 Å². The van der Waals surface area contributed by atoms with E-state index < -0.39 is 10.0 Å². The standard InChI is InChI=1S/C20H21N3O4S2/c1-13-10-14-4-2-3-5-17(14)23(13)12-18-16(8-9-27-18)20(24)22-11-15-6-7-19(28-15)29(21,25)26/h2-9,13H,10-12H2,1H3,(H,22,24)(H2,21,25,26). The summed E-state index contributed by atoms with van der Waals surface area (Å²) in [6, 6.07) is 13.3. The van der Waals surface area contributed by atoms with Crippen molar-refractivity contribution in [3.05, 3.63) is 70.5 Å². The Morgan fingerprint density at radius 2 is 2.07 bits per heavy atom. The summed E-state index contributed by atoms with van der Waals surface area (Å²) in [4.78, 5) is 15.6. The highest BCUT2D eigenvalue weighted by Crippen LogP contribution is 2.33. The van der Waals surface area contributed by atoms with Crippen LogP contribution in [-0.4, -0.2) is 20.4 Å². The zero-order valence-electron chi connectivity index (χ0n) is 15.8. The molecule has 3 heterocycles. The summed E-state index contributed by atoms with van der Waals surface area (Å²) in [7, 11) is -3.73. The summed E-state index contributed by atoms with van der Waals surface area (Å²) in [5.74, 6) is 0.335. The van der Waals surface area contributed by atoms with Crippen LogP contribution in [0.3, 0.4) is 0 Å². The number of nitrogens with zero attached hydrogens (tertiary/aromatic N) is 1. The van der Waals surface area contributed by atoms with Gasteiger partial charge < -0.3 is 14.6 Å². The lowest BCUT2D eigenvalue weighted by molar-refractivity contribution is 0.0949. The van der Waals surface area contributed by atoms with Gasteiger partial charge in [0.05, 0.1) is 24.9 Å². The maximum atomic E-state index is 12.7. The van der Waals surface area contributed by atoms with E-state index in [-0.39, 0.29) is 16.7 Å². The average Bonchev–Trinajstić information content (AvgIpc) is 3.39. The van der Waals surface area contributed by atoms with Gasteiger partial charge in [-0.15, -0.1) is 11.3 Å². The molecule has 3 N–H and O–H groups in total. The number of anilines is 1. The minimum Gasteiger partial charge on any atom is -0.467 e. The summed E-state index contributed by atoms with van der Waals surface area (Å²) in [6.07, 6.45) is 2.48. The van der Waals surface area contributed by atoms with Crippen molar-refractivity contribution in [3.8, 4) is 0 Å². The zero-order chi connectivity index (χ0) is 20.6. The third kappa shape index (κ3) is 4.07. The number of carbonyl (C=O) groups is 1. The molecule has 0 fully saturated rings. The molecule has 1 atom stereocenters. The third-order valence-electron chi connectivity index (χ3n) is 4.99. The van der Waals surface area contributed by atoms with Gasteiger partial charge in [-0.1, -0.05) is 18.2 Å². The Kier molecular flexibility index (Phi) is 5.20. The van der Waals surface area contributed by atoms with Crippen LogP contribution in [0.4, 0.5) is 5.69 Å². The monoisotopic (exact) mass is 431 g/mol. The zero-order valence-corrected chi connectivity index (χ0v) is 17.4. The van der Waals surface area contributed by atoms with E-state index >= 15 is 0 Å². The number of primary sulfonamides is 1. The number of furan rings is 1. The fraction of sp³-hybridized carbons (Fsp3) is 0.250. The first-order valence-corrected chi connectivity index (χ1v) is 11.5. The van der Waals surface area contributed by atoms with Gasteiger partial charge in [-0.05, 0) is 43.2 Å². The Morgan fingerprint density at radius 1 is 1.28 bits per heavy atom. The molecule has 0 aliphatic carbocycles. The summed E-state index contributed by atoms with van der Waals surface area (Å²) >= 11 is 1.04. The van der Waals surface area contributed by atoms with Crippen molar-refractivity contribution >= 4 is 33.0 Å². The molecule has 4 rings (SSSR count). The number of hydrogen-bond donors (Lipinski definition) is 2. The van der Waals surface area contributed by atoms with Gasteiger partial charge in [0.15, 0.2) is 0 Å². The Morgan fingerprint density at radius 3 is 2.83 bits per heavy atom. The summed E-state index contributed by atoms with van der Waals surface area (Å²) in [5, 5.41) is 7.94. The molecular weight excluding hydrogens is 410 g/mol. The number of benzene rings is 1. The molecule has 1 aromatic carbocycles. The molecule has 7 nitrogen and oxygen atoms in total. The lowest BCUT2D eigenvalue weighted by Gasteiger charge is -2.24. The van der Waals surface area contributed by atoms with E-state index in [1.54, 1.807) is 12.1 Å². The topological polar surface area (TPSA) is 106 Å². The first-order chi connectivity index (χ1) is 13.8. The highest BCUT2D eigenvalue weighted by molar-refractivity contribution is 7.91. The lowest BCUT2D eigenvalue weighted by Crippen LogP contribution is -2.30. The van der Waals surface area contributed by atoms with Crippen molar-refractivity contribution in [1.29, 1.82) is 0 Å². The third-order valence-corrected chi connectivity index (χ3v) is 7.52. The number of amides is 1. The fourth-order valence-corrected chi connectivity index (χ4v) is 5.28. The van der Waals surface area contributed by atoms with Gasteiger partial charge >= 0.3 is 0 Å². The predicted octanol–water partition coefficient (Wildman–Crippen LogP) is 2.87. The molecule has 3 aromatic rings. The normalized spacial score (nSPS) is 16.1. The van der Waals surface area contributed by atoms with Crippen LogP contribution in [0.25, 0.3) is 0 Å². The van der Waals surface area contributed by atoms with Gasteiger partial charge in [0.25, 0.3) is 5.91 Å². The molecular formula is C20H21N3O4S2. The minimum absolute atomic E-state index is 0.0763. The van der Waals surface area contributed by atoms with Crippen LogP contribution in [0.2, 0.25) is 0 Å². The number of rotatable bonds is 6. The van der Waals surface area contributed by atoms with Gasteiger partial charge in [0.1, 0.15) is 9.97 Å². The minimum atomic E-state index is -3.73. The molecule has 1 unspecified atom stereocenters. The van der Waals surface area contributed by atoms with E-state index in [9.17, 15) is 13.2 Å². The van der Waals surface area contributed by atoms with Crippen molar-refractivity contribution in [2.24, 2.45) is 5.14 Å². The average molecular weight is 432 g/mol. The SMILES string of the molecule is CC1Cc2ccccc2N1Cc1occc1C(=O)NCc1ccc(S(N)(=O)=O)s1. The van der Waals surface area contributed by atoms with E-state index in [1.165, 1.54) is 17.9 Å². The van der Waals surface area contributed by atoms with Crippen LogP contribution < -0.4 is 15.4 Å². The fourth-order valence-electron chi connectivity index (χ4n) is 3.56. The van der Waals surface area contributed by atoms with Gasteiger partial charge in [-0.2, -0.15) is 0 Å². The molecule has 29 heavy (non-hydrogen) atoms. The van der Waals surface area contributed by atoms with Gasteiger partial charge in [0, 0.05) is 16.6 Å². The number of fused-ring (bicyclic) bond motifs is 1. The predicted molar refractivity (Wildman–Crippen MR) is 111 cm³/mol. The molecule has 0 bridgehead atoms. The van der Waals surface area contributed by atoms with E-state index in [0.29, 0.717) is 28.8 Å². The quantitative estimate of drug-likeness (QED) is 0.624. The Bertz CT molecular complexity index is 1150. The van der Waals surface area contributed by atoms with Crippen LogP contribution >= 0.6 is 11.3 Å². The molecule has 0 spiro atoms. The number of para-hydroxylation sites is 1. The van der Waals surface area contributed by atoms with Crippen LogP contribution in [0.1, 0.15) is 33.5 Å². The highest BCUT2D eigenvalue weighted by Gasteiger charge is 2.28. The molecule has 1 amide bonds. The number of nitrogens with one attached hydrogen (secondary N) is 1. The molecule has 1 aliphatic rings. The molecule has 152 valence electrons. The summed E-state index contributed by atoms with van der Waals surface area (Å²) in [6.45, 7) is 2.87. The lowest BCUT2D eigenvalue weighted by atomic mass is 10.1. The van der Waals surface area contributed by atoms with E-state index in [2.05, 4.69) is 29.3 Å². The number of thiophene rings is 1. The molecule has 0 saturated carbocycles. The number of carbonyl (C=O) groups excluding carboxylic acids is 1. The maximum absolute atomic E-state index is 12.7. The number of sulfonamides is 1. The van der Waals surface area contributed by atoms with Crippen LogP contribution in [-0.2, 0) is 29.5 Å². The van der Waals surface area contributed by atoms with E-state index in [0.717, 1.165) is 23.4 Å². The van der Waals surface area contributed by atoms with Gasteiger partial charge in [-0.25, -0.2) is 13.6 Å². The first kappa shape index (κ1) is 19.7. The van der Waals surface area contributed by atoms with Gasteiger partial charge in [-0.3, -0.25) is 4.79 Å². The van der Waals surface area contributed by atoms with Crippen LogP contribution in [0, 0.1) is 0 Å². The molecule has 1 aliphatic heterocycles. The molecule has 0 saturated heterocycles. The summed E-state index contributed by atoms with van der Waals surface area (Å²) in [5.41, 5.74) is 2.93. The maximum Gasteiger partial charge on any atom is 0.255 e. The van der Waals surface area contributed by atoms with E-state index in [1.807, 2.05) is 12.1 Å². The van der Waals surface area contributed by atoms with E-state index in [4.69, 9.17) is 9.56 Å². The largest absolute Gasteiger partial charge is 0.467 e.